The molecule has 0 saturated carbocycles. The normalized spacial score (nSPS) is 15.1. The summed E-state index contributed by atoms with van der Waals surface area (Å²) in [6.45, 7) is 3.47. The molecule has 0 fully saturated rings. The van der Waals surface area contributed by atoms with Gasteiger partial charge in [0, 0.05) is 5.69 Å². The molecular formula is C11H13NO. The van der Waals surface area contributed by atoms with Gasteiger partial charge in [0.05, 0.1) is 5.69 Å². The summed E-state index contributed by atoms with van der Waals surface area (Å²) in [4.78, 5) is 14.4. The van der Waals surface area contributed by atoms with Crippen LogP contribution in [0.25, 0.3) is 0 Å². The first kappa shape index (κ1) is 8.30. The summed E-state index contributed by atoms with van der Waals surface area (Å²) in [5, 5.41) is 0. The van der Waals surface area contributed by atoms with E-state index in [4.69, 9.17) is 0 Å². The van der Waals surface area contributed by atoms with Crippen LogP contribution in [0.5, 0.6) is 0 Å². The van der Waals surface area contributed by atoms with Crippen LogP contribution in [0.3, 0.4) is 0 Å². The first-order chi connectivity index (χ1) is 6.31. The Hall–Kier alpha value is -1.31. The second-order valence-electron chi connectivity index (χ2n) is 3.46. The van der Waals surface area contributed by atoms with Crippen molar-refractivity contribution in [1.82, 2.24) is 4.98 Å². The molecule has 0 atom stereocenters. The number of rotatable bonds is 2. The number of aromatic amines is 1. The summed E-state index contributed by atoms with van der Waals surface area (Å²) in [5.74, 6) is -0.00519. The molecule has 1 N–H and O–H groups in total. The van der Waals surface area contributed by atoms with Gasteiger partial charge in [0.25, 0.3) is 0 Å². The van der Waals surface area contributed by atoms with Gasteiger partial charge in [0.15, 0.2) is 0 Å². The Labute approximate surface area is 77.7 Å². The first-order valence-corrected chi connectivity index (χ1v) is 4.69. The van der Waals surface area contributed by atoms with Crippen LogP contribution in [0.15, 0.2) is 18.7 Å². The Morgan fingerprint density at radius 1 is 1.46 bits per heavy atom. The predicted molar refractivity (Wildman–Crippen MR) is 52.0 cm³/mol. The van der Waals surface area contributed by atoms with Crippen LogP contribution in [0, 0.1) is 0 Å². The monoisotopic (exact) mass is 175 g/mol. The van der Waals surface area contributed by atoms with E-state index in [9.17, 15) is 4.79 Å². The quantitative estimate of drug-likeness (QED) is 0.542. The van der Waals surface area contributed by atoms with E-state index in [1.54, 1.807) is 0 Å². The molecule has 0 amide bonds. The Balaban J connectivity index is 2.35. The number of hydrogen-bond donors (Lipinski definition) is 1. The van der Waals surface area contributed by atoms with E-state index in [-0.39, 0.29) is 5.78 Å². The molecule has 1 heterocycles. The average molecular weight is 175 g/mol. The molecule has 0 radical (unpaired) electrons. The SMILES string of the molecule is C=CC(=O)c1cc2c([nH]1)CCCC2. The predicted octanol–water partition coefficient (Wildman–Crippen LogP) is 2.26. The topological polar surface area (TPSA) is 32.9 Å². The number of ketones is 1. The van der Waals surface area contributed by atoms with Crippen LogP contribution in [0.4, 0.5) is 0 Å². The Kier molecular flexibility index (Phi) is 2.05. The third kappa shape index (κ3) is 1.44. The van der Waals surface area contributed by atoms with Crippen molar-refractivity contribution in [2.45, 2.75) is 25.7 Å². The van der Waals surface area contributed by atoms with Crippen LogP contribution < -0.4 is 0 Å². The van der Waals surface area contributed by atoms with Crippen molar-refractivity contribution in [2.75, 3.05) is 0 Å². The van der Waals surface area contributed by atoms with Crippen LogP contribution >= 0.6 is 0 Å². The van der Waals surface area contributed by atoms with E-state index in [1.165, 1.54) is 30.2 Å². The number of H-pyrrole nitrogens is 1. The molecule has 0 aromatic carbocycles. The summed E-state index contributed by atoms with van der Waals surface area (Å²) in [7, 11) is 0. The van der Waals surface area contributed by atoms with Crippen molar-refractivity contribution >= 4 is 5.78 Å². The van der Waals surface area contributed by atoms with Gasteiger partial charge in [-0.1, -0.05) is 6.58 Å². The zero-order chi connectivity index (χ0) is 9.26. The molecule has 1 aromatic heterocycles. The standard InChI is InChI=1S/C11H13NO/c1-2-11(13)10-7-8-5-3-4-6-9(8)12-10/h2,7,12H,1,3-6H2. The lowest BCUT2D eigenvalue weighted by atomic mass is 9.98. The molecule has 1 aromatic rings. The van der Waals surface area contributed by atoms with E-state index in [0.29, 0.717) is 5.69 Å². The number of carbonyl (C=O) groups is 1. The first-order valence-electron chi connectivity index (χ1n) is 4.69. The lowest BCUT2D eigenvalue weighted by molar-refractivity contribution is 0.104. The maximum Gasteiger partial charge on any atom is 0.201 e. The maximum absolute atomic E-state index is 11.3. The highest BCUT2D eigenvalue weighted by atomic mass is 16.1. The molecule has 0 saturated heterocycles. The number of carbonyl (C=O) groups excluding carboxylic acids is 1. The van der Waals surface area contributed by atoms with Gasteiger partial charge in [-0.2, -0.15) is 0 Å². The molecule has 1 aliphatic carbocycles. The average Bonchev–Trinajstić information content (AvgIpc) is 2.59. The fourth-order valence-corrected chi connectivity index (χ4v) is 1.85. The van der Waals surface area contributed by atoms with E-state index >= 15 is 0 Å². The third-order valence-electron chi connectivity index (χ3n) is 2.57. The molecule has 13 heavy (non-hydrogen) atoms. The van der Waals surface area contributed by atoms with Crippen molar-refractivity contribution in [1.29, 1.82) is 0 Å². The number of fused-ring (bicyclic) bond motifs is 1. The fourth-order valence-electron chi connectivity index (χ4n) is 1.85. The summed E-state index contributed by atoms with van der Waals surface area (Å²) >= 11 is 0. The Morgan fingerprint density at radius 3 is 2.92 bits per heavy atom. The van der Waals surface area contributed by atoms with Crippen LogP contribution in [-0.2, 0) is 12.8 Å². The highest BCUT2D eigenvalue weighted by Gasteiger charge is 2.14. The minimum absolute atomic E-state index is 0.00519. The molecule has 0 bridgehead atoms. The van der Waals surface area contributed by atoms with Gasteiger partial charge in [0.2, 0.25) is 5.78 Å². The minimum atomic E-state index is -0.00519. The zero-order valence-corrected chi connectivity index (χ0v) is 7.60. The Morgan fingerprint density at radius 2 is 2.23 bits per heavy atom. The minimum Gasteiger partial charge on any atom is -0.355 e. The molecule has 68 valence electrons. The third-order valence-corrected chi connectivity index (χ3v) is 2.57. The van der Waals surface area contributed by atoms with Crippen LogP contribution in [0.1, 0.15) is 34.6 Å². The summed E-state index contributed by atoms with van der Waals surface area (Å²) in [5.41, 5.74) is 3.26. The van der Waals surface area contributed by atoms with Crippen molar-refractivity contribution in [3.63, 3.8) is 0 Å². The van der Waals surface area contributed by atoms with Gasteiger partial charge < -0.3 is 4.98 Å². The van der Waals surface area contributed by atoms with Crippen molar-refractivity contribution in [3.05, 3.63) is 35.7 Å². The Bertz CT molecular complexity index is 325. The largest absolute Gasteiger partial charge is 0.355 e. The second-order valence-corrected chi connectivity index (χ2v) is 3.46. The summed E-state index contributed by atoms with van der Waals surface area (Å²) < 4.78 is 0. The smallest absolute Gasteiger partial charge is 0.201 e. The van der Waals surface area contributed by atoms with E-state index in [1.807, 2.05) is 6.07 Å². The van der Waals surface area contributed by atoms with Gasteiger partial charge in [-0.05, 0) is 43.4 Å². The molecule has 2 nitrogen and oxygen atoms in total. The van der Waals surface area contributed by atoms with Crippen molar-refractivity contribution < 1.29 is 4.79 Å². The highest BCUT2D eigenvalue weighted by molar-refractivity contribution is 6.03. The van der Waals surface area contributed by atoms with E-state index in [2.05, 4.69) is 11.6 Å². The van der Waals surface area contributed by atoms with E-state index < -0.39 is 0 Å². The second kappa shape index (κ2) is 3.21. The molecule has 0 aliphatic heterocycles. The van der Waals surface area contributed by atoms with Gasteiger partial charge in [-0.25, -0.2) is 0 Å². The van der Waals surface area contributed by atoms with Gasteiger partial charge in [-0.3, -0.25) is 4.79 Å². The lowest BCUT2D eigenvalue weighted by Crippen LogP contribution is -1.99. The van der Waals surface area contributed by atoms with Crippen molar-refractivity contribution in [3.8, 4) is 0 Å². The van der Waals surface area contributed by atoms with Gasteiger partial charge in [-0.15, -0.1) is 0 Å². The number of hydrogen-bond acceptors (Lipinski definition) is 1. The molecule has 1 aliphatic rings. The summed E-state index contributed by atoms with van der Waals surface area (Å²) in [6.07, 6.45) is 6.02. The molecular weight excluding hydrogens is 162 g/mol. The molecule has 0 unspecified atom stereocenters. The number of aromatic nitrogens is 1. The molecule has 2 heteroatoms. The molecule has 0 spiro atoms. The van der Waals surface area contributed by atoms with Crippen molar-refractivity contribution in [2.24, 2.45) is 0 Å². The maximum atomic E-state index is 11.3. The van der Waals surface area contributed by atoms with E-state index in [0.717, 1.165) is 12.8 Å². The number of aryl methyl sites for hydroxylation is 2. The fraction of sp³-hybridized carbons (Fsp3) is 0.364. The lowest BCUT2D eigenvalue weighted by Gasteiger charge is -2.08. The number of nitrogens with one attached hydrogen (secondary N) is 1. The highest BCUT2D eigenvalue weighted by Crippen LogP contribution is 2.21. The van der Waals surface area contributed by atoms with Gasteiger partial charge >= 0.3 is 0 Å². The van der Waals surface area contributed by atoms with Crippen LogP contribution in [-0.4, -0.2) is 10.8 Å². The summed E-state index contributed by atoms with van der Waals surface area (Å²) in [6, 6.07) is 1.97. The van der Waals surface area contributed by atoms with Crippen LogP contribution in [0.2, 0.25) is 0 Å². The zero-order valence-electron chi connectivity index (χ0n) is 7.60. The molecule has 2 rings (SSSR count). The number of allylic oxidation sites excluding steroid dienone is 1. The van der Waals surface area contributed by atoms with Gasteiger partial charge in [0.1, 0.15) is 0 Å².